The first-order valence-electron chi connectivity index (χ1n) is 8.47. The minimum absolute atomic E-state index is 0.229. The molecule has 0 aromatic carbocycles. The van der Waals surface area contributed by atoms with E-state index in [4.69, 9.17) is 9.81 Å². The van der Waals surface area contributed by atoms with Gasteiger partial charge in [0.1, 0.15) is 13.1 Å². The molecule has 0 radical (unpaired) electrons. The van der Waals surface area contributed by atoms with Crippen molar-refractivity contribution in [3.8, 4) is 0 Å². The van der Waals surface area contributed by atoms with E-state index in [1.54, 1.807) is 0 Å². The molecule has 0 saturated heterocycles. The van der Waals surface area contributed by atoms with Crippen molar-refractivity contribution in [3.05, 3.63) is 60.2 Å². The number of aryl methyl sites for hydroxylation is 2. The van der Waals surface area contributed by atoms with Crippen LogP contribution >= 0.6 is 12.0 Å². The molecule has 0 saturated carbocycles. The Morgan fingerprint density at radius 3 is 1.93 bits per heavy atom. The minimum atomic E-state index is -3.90. The number of hydrogen-bond donors (Lipinski definition) is 2. The summed E-state index contributed by atoms with van der Waals surface area (Å²) >= 11 is 1.05. The molecule has 2 aromatic rings. The van der Waals surface area contributed by atoms with Crippen LogP contribution in [0.15, 0.2) is 49.1 Å². The first-order valence-corrected chi connectivity index (χ1v) is 11.0. The summed E-state index contributed by atoms with van der Waals surface area (Å²) in [5, 5.41) is 11.6. The van der Waals surface area contributed by atoms with Crippen molar-refractivity contribution < 1.29 is 36.7 Å². The van der Waals surface area contributed by atoms with Crippen LogP contribution in [0.5, 0.6) is 0 Å². The fourth-order valence-corrected chi connectivity index (χ4v) is 3.39. The smallest absolute Gasteiger partial charge is 0.265 e. The van der Waals surface area contributed by atoms with E-state index >= 15 is 0 Å². The van der Waals surface area contributed by atoms with Crippen LogP contribution in [0.2, 0.25) is 0 Å². The minimum Gasteiger partial charge on any atom is -0.286 e. The van der Waals surface area contributed by atoms with Crippen LogP contribution < -0.4 is 9.13 Å². The number of rotatable bonds is 12. The van der Waals surface area contributed by atoms with E-state index in [1.165, 1.54) is 5.56 Å². The highest BCUT2D eigenvalue weighted by atomic mass is 32.2. The van der Waals surface area contributed by atoms with E-state index in [9.17, 15) is 8.42 Å². The summed E-state index contributed by atoms with van der Waals surface area (Å²) in [6, 6.07) is 8.17. The zero-order chi connectivity index (χ0) is 19.5. The van der Waals surface area contributed by atoms with Crippen LogP contribution in [0.1, 0.15) is 24.0 Å². The largest absolute Gasteiger partial charge is 0.286 e. The third-order valence-corrected chi connectivity index (χ3v) is 5.29. The molecule has 2 N–H and O–H groups in total. The summed E-state index contributed by atoms with van der Waals surface area (Å²) in [4.78, 5) is 0. The second kappa shape index (κ2) is 11.3. The number of nitrogens with zero attached hydrogens (tertiary/aromatic N) is 2. The zero-order valence-electron chi connectivity index (χ0n) is 14.8. The van der Waals surface area contributed by atoms with E-state index in [-0.39, 0.29) is 5.75 Å². The van der Waals surface area contributed by atoms with Crippen LogP contribution in [0.25, 0.3) is 0 Å². The van der Waals surface area contributed by atoms with E-state index in [0.717, 1.165) is 37.0 Å². The summed E-state index contributed by atoms with van der Waals surface area (Å²) < 4.78 is 38.5. The normalized spacial score (nSPS) is 11.6. The molecule has 10 heteroatoms. The van der Waals surface area contributed by atoms with Crippen LogP contribution in [0.3, 0.4) is 0 Å². The van der Waals surface area contributed by atoms with Crippen LogP contribution in [-0.4, -0.2) is 29.7 Å². The molecule has 0 aliphatic carbocycles. The molecule has 2 rings (SSSR count). The lowest BCUT2D eigenvalue weighted by atomic mass is 10.1. The van der Waals surface area contributed by atoms with Gasteiger partial charge in [-0.1, -0.05) is 5.04 Å². The Labute approximate surface area is 163 Å². The molecule has 0 aliphatic rings. The SMILES string of the molecule is O=S(=O)(O)CCC[n+]1ccc(Cc2cc[n+](CCCSOOO)cc2)cc1. The molecular weight excluding hydrogens is 392 g/mol. The van der Waals surface area contributed by atoms with Gasteiger partial charge in [0, 0.05) is 54.9 Å². The molecule has 0 bridgehead atoms. The predicted octanol–water partition coefficient (Wildman–Crippen LogP) is 1.59. The Bertz CT molecular complexity index is 782. The summed E-state index contributed by atoms with van der Waals surface area (Å²) in [6.07, 6.45) is 9.96. The van der Waals surface area contributed by atoms with E-state index < -0.39 is 10.1 Å². The van der Waals surface area contributed by atoms with Gasteiger partial charge in [-0.15, -0.1) is 4.33 Å². The van der Waals surface area contributed by atoms with Crippen molar-refractivity contribution in [3.63, 3.8) is 0 Å². The number of pyridine rings is 2. The standard InChI is InChI=1S/C17H22N2O6S2/c20-24-25-26-13-1-7-18-9-3-16(4-10-18)15-17-5-11-19(12-6-17)8-2-14-27(21,22)23/h3-6,9-12H,1-2,7-8,13-15H2/p+2. The van der Waals surface area contributed by atoms with Gasteiger partial charge in [-0.25, -0.2) is 14.4 Å². The Kier molecular flexibility index (Phi) is 9.11. The van der Waals surface area contributed by atoms with Crippen LogP contribution in [0.4, 0.5) is 0 Å². The summed E-state index contributed by atoms with van der Waals surface area (Å²) in [5.74, 6) is 0.482. The predicted molar refractivity (Wildman–Crippen MR) is 99.0 cm³/mol. The maximum Gasteiger partial charge on any atom is 0.265 e. The molecule has 0 amide bonds. The zero-order valence-corrected chi connectivity index (χ0v) is 16.4. The second-order valence-electron chi connectivity index (χ2n) is 6.02. The molecule has 27 heavy (non-hydrogen) atoms. The topological polar surface area (TPSA) is 101 Å². The lowest BCUT2D eigenvalue weighted by molar-refractivity contribution is -0.696. The van der Waals surface area contributed by atoms with E-state index in [1.807, 2.05) is 41.5 Å². The quantitative estimate of drug-likeness (QED) is 0.135. The Morgan fingerprint density at radius 1 is 0.926 bits per heavy atom. The number of hydrogen-bond acceptors (Lipinski definition) is 6. The maximum atomic E-state index is 10.7. The molecule has 0 aliphatic heterocycles. The van der Waals surface area contributed by atoms with Gasteiger partial charge in [0.25, 0.3) is 10.1 Å². The lowest BCUT2D eigenvalue weighted by Crippen LogP contribution is -2.33. The second-order valence-corrected chi connectivity index (χ2v) is 8.38. The highest BCUT2D eigenvalue weighted by molar-refractivity contribution is 7.94. The molecule has 2 heterocycles. The third kappa shape index (κ3) is 9.27. The van der Waals surface area contributed by atoms with Gasteiger partial charge in [-0.3, -0.25) is 4.55 Å². The number of aromatic nitrogens is 2. The molecule has 0 spiro atoms. The van der Waals surface area contributed by atoms with Crippen molar-refractivity contribution in [2.75, 3.05) is 11.5 Å². The molecule has 0 atom stereocenters. The molecular formula is C17H24N2O6S2+2. The van der Waals surface area contributed by atoms with E-state index in [0.29, 0.717) is 18.7 Å². The van der Waals surface area contributed by atoms with Crippen molar-refractivity contribution >= 4 is 22.2 Å². The van der Waals surface area contributed by atoms with E-state index in [2.05, 4.69) is 26.1 Å². The fourth-order valence-electron chi connectivity index (χ4n) is 2.54. The van der Waals surface area contributed by atoms with Gasteiger partial charge in [-0.05, 0) is 17.5 Å². The summed E-state index contributed by atoms with van der Waals surface area (Å²) in [6.45, 7) is 1.39. The van der Waals surface area contributed by atoms with Crippen molar-refractivity contribution in [1.82, 2.24) is 0 Å². The Balaban J connectivity index is 1.77. The van der Waals surface area contributed by atoms with Crippen molar-refractivity contribution in [1.29, 1.82) is 0 Å². The highest BCUT2D eigenvalue weighted by Crippen LogP contribution is 2.07. The van der Waals surface area contributed by atoms with Crippen LogP contribution in [-0.2, 0) is 39.0 Å². The summed E-state index contributed by atoms with van der Waals surface area (Å²) in [7, 11) is -3.90. The fraction of sp³-hybridized carbons (Fsp3) is 0.412. The van der Waals surface area contributed by atoms with Gasteiger partial charge in [0.2, 0.25) is 0 Å². The van der Waals surface area contributed by atoms with Gasteiger partial charge in [0.05, 0.1) is 5.75 Å². The lowest BCUT2D eigenvalue weighted by Gasteiger charge is -2.02. The molecule has 8 nitrogen and oxygen atoms in total. The Morgan fingerprint density at radius 2 is 1.44 bits per heavy atom. The highest BCUT2D eigenvalue weighted by Gasteiger charge is 2.08. The average molecular weight is 417 g/mol. The van der Waals surface area contributed by atoms with Gasteiger partial charge >= 0.3 is 0 Å². The molecule has 0 fully saturated rings. The Hall–Kier alpha value is -1.56. The van der Waals surface area contributed by atoms with Gasteiger partial charge in [0.15, 0.2) is 24.8 Å². The van der Waals surface area contributed by atoms with Gasteiger partial charge < -0.3 is 0 Å². The average Bonchev–Trinajstić information content (AvgIpc) is 2.63. The maximum absolute atomic E-state index is 10.7. The molecule has 148 valence electrons. The first-order chi connectivity index (χ1) is 13.0. The monoisotopic (exact) mass is 416 g/mol. The van der Waals surface area contributed by atoms with Crippen molar-refractivity contribution in [2.24, 2.45) is 0 Å². The molecule has 2 aromatic heterocycles. The summed E-state index contributed by atoms with van der Waals surface area (Å²) in [5.41, 5.74) is 2.36. The van der Waals surface area contributed by atoms with Crippen LogP contribution in [0, 0.1) is 0 Å². The third-order valence-electron chi connectivity index (χ3n) is 3.87. The van der Waals surface area contributed by atoms with Gasteiger partial charge in [-0.2, -0.15) is 8.42 Å². The van der Waals surface area contributed by atoms with Crippen molar-refractivity contribution in [2.45, 2.75) is 32.4 Å². The first kappa shape index (κ1) is 21.7. The molecule has 0 unspecified atom stereocenters.